The predicted molar refractivity (Wildman–Crippen MR) is 107 cm³/mol. The van der Waals surface area contributed by atoms with E-state index in [1.54, 1.807) is 35.2 Å². The molecule has 0 aromatic heterocycles. The third-order valence-electron chi connectivity index (χ3n) is 5.60. The second-order valence-corrected chi connectivity index (χ2v) is 7.47. The van der Waals surface area contributed by atoms with Crippen molar-refractivity contribution in [3.63, 3.8) is 0 Å². The zero-order valence-corrected chi connectivity index (χ0v) is 16.6. The molecule has 162 valence electrons. The number of alkyl halides is 3. The Morgan fingerprint density at radius 2 is 1.48 bits per heavy atom. The Labute approximate surface area is 176 Å². The highest BCUT2D eigenvalue weighted by Gasteiger charge is 2.35. The van der Waals surface area contributed by atoms with Crippen molar-refractivity contribution in [2.24, 2.45) is 0 Å². The zero-order valence-electron chi connectivity index (χ0n) is 16.6. The van der Waals surface area contributed by atoms with E-state index in [0.717, 1.165) is 17.0 Å². The summed E-state index contributed by atoms with van der Waals surface area (Å²) >= 11 is 0. The first-order chi connectivity index (χ1) is 14.8. The number of benzene rings is 2. The number of hydrogen-bond acceptors (Lipinski definition) is 4. The topological polar surface area (TPSA) is 60.9 Å². The summed E-state index contributed by atoms with van der Waals surface area (Å²) < 4.78 is 38.8. The summed E-state index contributed by atoms with van der Waals surface area (Å²) in [7, 11) is 0. The molecule has 3 amide bonds. The van der Waals surface area contributed by atoms with Crippen molar-refractivity contribution in [2.45, 2.75) is 12.6 Å². The number of halogens is 3. The highest BCUT2D eigenvalue weighted by Crippen LogP contribution is 2.32. The molecule has 0 bridgehead atoms. The van der Waals surface area contributed by atoms with Gasteiger partial charge in [-0.3, -0.25) is 19.3 Å². The highest BCUT2D eigenvalue weighted by atomic mass is 19.4. The average Bonchev–Trinajstić information content (AvgIpc) is 3.02. The van der Waals surface area contributed by atoms with Crippen LogP contribution in [0.3, 0.4) is 0 Å². The van der Waals surface area contributed by atoms with Gasteiger partial charge in [0, 0.05) is 44.8 Å². The third-order valence-corrected chi connectivity index (χ3v) is 5.60. The van der Waals surface area contributed by atoms with Crippen molar-refractivity contribution in [3.05, 3.63) is 65.2 Å². The second-order valence-electron chi connectivity index (χ2n) is 7.47. The van der Waals surface area contributed by atoms with Crippen molar-refractivity contribution >= 4 is 23.4 Å². The van der Waals surface area contributed by atoms with Crippen LogP contribution < -0.4 is 4.90 Å². The largest absolute Gasteiger partial charge is 0.416 e. The Morgan fingerprint density at radius 3 is 2.06 bits per heavy atom. The van der Waals surface area contributed by atoms with Gasteiger partial charge in [0.25, 0.3) is 11.8 Å². The van der Waals surface area contributed by atoms with Crippen molar-refractivity contribution < 1.29 is 27.6 Å². The quantitative estimate of drug-likeness (QED) is 0.699. The van der Waals surface area contributed by atoms with Gasteiger partial charge < -0.3 is 9.80 Å². The molecule has 6 nitrogen and oxygen atoms in total. The molecule has 1 fully saturated rings. The zero-order chi connectivity index (χ0) is 22.2. The molecule has 0 saturated carbocycles. The fraction of sp³-hybridized carbons (Fsp3) is 0.318. The van der Waals surface area contributed by atoms with Crippen molar-refractivity contribution in [2.75, 3.05) is 37.6 Å². The molecule has 9 heteroatoms. The molecule has 4 rings (SSSR count). The minimum Gasteiger partial charge on any atom is -0.368 e. The van der Waals surface area contributed by atoms with Crippen LogP contribution in [0.25, 0.3) is 0 Å². The van der Waals surface area contributed by atoms with Crippen LogP contribution in [0.4, 0.5) is 18.9 Å². The van der Waals surface area contributed by atoms with Gasteiger partial charge in [0.2, 0.25) is 5.91 Å². The summed E-state index contributed by atoms with van der Waals surface area (Å²) in [5, 5.41) is 0. The Morgan fingerprint density at radius 1 is 0.871 bits per heavy atom. The molecule has 0 unspecified atom stereocenters. The number of carbonyl (C=O) groups is 3. The molecular weight excluding hydrogens is 411 g/mol. The van der Waals surface area contributed by atoms with Gasteiger partial charge in [0.05, 0.1) is 16.7 Å². The van der Waals surface area contributed by atoms with E-state index in [-0.39, 0.29) is 18.9 Å². The standard InChI is InChI=1S/C22H20F3N3O3/c23-22(24,25)15-4-3-5-16(14-15)26-10-12-27(13-11-26)19(29)8-9-28-20(30)17-6-1-2-7-18(17)21(28)31/h1-7,14H,8-13H2. The molecule has 2 aliphatic rings. The molecule has 31 heavy (non-hydrogen) atoms. The number of carbonyl (C=O) groups excluding carboxylic acids is 3. The first-order valence-electron chi connectivity index (χ1n) is 9.91. The Hall–Kier alpha value is -3.36. The molecule has 2 aliphatic heterocycles. The SMILES string of the molecule is O=C(CCN1C(=O)c2ccccc2C1=O)N1CCN(c2cccc(C(F)(F)F)c2)CC1. The van der Waals surface area contributed by atoms with Crippen LogP contribution in [0, 0.1) is 0 Å². The molecule has 1 saturated heterocycles. The molecule has 0 atom stereocenters. The maximum absolute atomic E-state index is 12.9. The van der Waals surface area contributed by atoms with Crippen molar-refractivity contribution in [1.82, 2.24) is 9.80 Å². The number of amides is 3. The Bertz CT molecular complexity index is 995. The lowest BCUT2D eigenvalue weighted by Crippen LogP contribution is -2.49. The average molecular weight is 431 g/mol. The van der Waals surface area contributed by atoms with Crippen LogP contribution in [0.15, 0.2) is 48.5 Å². The van der Waals surface area contributed by atoms with E-state index < -0.39 is 23.6 Å². The van der Waals surface area contributed by atoms with Gasteiger partial charge in [-0.2, -0.15) is 13.2 Å². The summed E-state index contributed by atoms with van der Waals surface area (Å²) in [6, 6.07) is 11.7. The van der Waals surface area contributed by atoms with Crippen molar-refractivity contribution in [3.8, 4) is 0 Å². The number of piperazine rings is 1. The normalized spacial score (nSPS) is 16.7. The number of fused-ring (bicyclic) bond motifs is 1. The predicted octanol–water partition coefficient (Wildman–Crippen LogP) is 3.04. The van der Waals surface area contributed by atoms with Gasteiger partial charge in [0.1, 0.15) is 0 Å². The van der Waals surface area contributed by atoms with Gasteiger partial charge in [-0.25, -0.2) is 0 Å². The molecule has 0 spiro atoms. The van der Waals surface area contributed by atoms with Gasteiger partial charge >= 0.3 is 6.18 Å². The van der Waals surface area contributed by atoms with Crippen molar-refractivity contribution in [1.29, 1.82) is 0 Å². The first-order valence-corrected chi connectivity index (χ1v) is 9.91. The molecule has 2 aromatic carbocycles. The van der Waals surface area contributed by atoms with E-state index >= 15 is 0 Å². The molecule has 0 N–H and O–H groups in total. The minimum atomic E-state index is -4.40. The van der Waals surface area contributed by atoms with Gasteiger partial charge in [-0.05, 0) is 30.3 Å². The smallest absolute Gasteiger partial charge is 0.368 e. The molecular formula is C22H20F3N3O3. The molecule has 0 radical (unpaired) electrons. The first kappa shape index (κ1) is 20.9. The van der Waals surface area contributed by atoms with Gasteiger partial charge in [-0.15, -0.1) is 0 Å². The molecule has 0 aliphatic carbocycles. The van der Waals surface area contributed by atoms with Crippen LogP contribution >= 0.6 is 0 Å². The summed E-state index contributed by atoms with van der Waals surface area (Å²) in [4.78, 5) is 41.9. The number of anilines is 1. The number of nitrogens with zero attached hydrogens (tertiary/aromatic N) is 3. The lowest BCUT2D eigenvalue weighted by molar-refractivity contribution is -0.137. The van der Waals surface area contributed by atoms with Crippen LogP contribution in [0.5, 0.6) is 0 Å². The maximum atomic E-state index is 12.9. The number of imide groups is 1. The minimum absolute atomic E-state index is 0.000970. The summed E-state index contributed by atoms with van der Waals surface area (Å²) in [6.07, 6.45) is -4.40. The van der Waals surface area contributed by atoms with Crippen LogP contribution in [-0.4, -0.2) is 60.2 Å². The van der Waals surface area contributed by atoms with E-state index in [1.165, 1.54) is 6.07 Å². The van der Waals surface area contributed by atoms with E-state index in [4.69, 9.17) is 0 Å². The van der Waals surface area contributed by atoms with Gasteiger partial charge in [-0.1, -0.05) is 18.2 Å². The van der Waals surface area contributed by atoms with E-state index in [9.17, 15) is 27.6 Å². The fourth-order valence-electron chi connectivity index (χ4n) is 3.90. The van der Waals surface area contributed by atoms with Crippen LogP contribution in [-0.2, 0) is 11.0 Å². The highest BCUT2D eigenvalue weighted by molar-refractivity contribution is 6.21. The summed E-state index contributed by atoms with van der Waals surface area (Å²) in [6.45, 7) is 1.52. The Balaban J connectivity index is 1.31. The second kappa shape index (κ2) is 8.05. The lowest BCUT2D eigenvalue weighted by Gasteiger charge is -2.36. The number of hydrogen-bond donors (Lipinski definition) is 0. The molecule has 2 heterocycles. The lowest BCUT2D eigenvalue weighted by atomic mass is 10.1. The Kier molecular flexibility index (Phi) is 5.43. The summed E-state index contributed by atoms with van der Waals surface area (Å²) in [5.74, 6) is -0.995. The third kappa shape index (κ3) is 4.12. The molecule has 2 aromatic rings. The van der Waals surface area contributed by atoms with E-state index in [0.29, 0.717) is 43.0 Å². The monoisotopic (exact) mass is 431 g/mol. The maximum Gasteiger partial charge on any atom is 0.416 e. The number of rotatable bonds is 4. The van der Waals surface area contributed by atoms with E-state index in [1.807, 2.05) is 4.90 Å². The van der Waals surface area contributed by atoms with Crippen LogP contribution in [0.2, 0.25) is 0 Å². The summed E-state index contributed by atoms with van der Waals surface area (Å²) in [5.41, 5.74) is 0.446. The fourth-order valence-corrected chi connectivity index (χ4v) is 3.90. The van der Waals surface area contributed by atoms with E-state index in [2.05, 4.69) is 0 Å². The van der Waals surface area contributed by atoms with Crippen LogP contribution in [0.1, 0.15) is 32.7 Å². The van der Waals surface area contributed by atoms with Gasteiger partial charge in [0.15, 0.2) is 0 Å².